The monoisotopic (exact) mass is 279 g/mol. The second-order valence-corrected chi connectivity index (χ2v) is 5.15. The summed E-state index contributed by atoms with van der Waals surface area (Å²) in [4.78, 5) is 21.5. The van der Waals surface area contributed by atoms with Crippen LogP contribution in [0, 0.1) is 0 Å². The van der Waals surface area contributed by atoms with Gasteiger partial charge in [0.25, 0.3) is 11.7 Å². The van der Waals surface area contributed by atoms with Gasteiger partial charge < -0.3 is 10.3 Å². The second kappa shape index (κ2) is 5.06. The number of rotatable bonds is 4. The fraction of sp³-hybridized carbons (Fsp3) is 0.455. The van der Waals surface area contributed by atoms with E-state index in [-0.39, 0.29) is 11.9 Å². The summed E-state index contributed by atoms with van der Waals surface area (Å²) in [7, 11) is 0. The van der Waals surface area contributed by atoms with Crippen LogP contribution in [0.5, 0.6) is 0 Å². The first-order chi connectivity index (χ1) is 9.24. The molecular weight excluding hydrogens is 266 g/mol. The molecule has 3 heterocycles. The molecule has 7 nitrogen and oxygen atoms in total. The second-order valence-electron chi connectivity index (χ2n) is 4.43. The van der Waals surface area contributed by atoms with Crippen molar-refractivity contribution in [2.75, 3.05) is 6.54 Å². The molecule has 1 saturated heterocycles. The molecule has 2 aromatic heterocycles. The molecule has 1 unspecified atom stereocenters. The highest BCUT2D eigenvalue weighted by Crippen LogP contribution is 2.32. The summed E-state index contributed by atoms with van der Waals surface area (Å²) in [6.07, 6.45) is 1.99. The van der Waals surface area contributed by atoms with E-state index >= 15 is 0 Å². The number of hydrogen-bond acceptors (Lipinski definition) is 7. The van der Waals surface area contributed by atoms with E-state index in [2.05, 4.69) is 20.0 Å². The molecule has 0 spiro atoms. The van der Waals surface area contributed by atoms with Crippen LogP contribution < -0.4 is 5.73 Å². The van der Waals surface area contributed by atoms with Gasteiger partial charge in [0.05, 0.1) is 17.2 Å². The Morgan fingerprint density at radius 2 is 2.53 bits per heavy atom. The molecule has 0 bridgehead atoms. The zero-order valence-corrected chi connectivity index (χ0v) is 11.0. The SMILES string of the molecule is NC(=O)c1noc(C2CCCN2Cc2cscn2)n1. The smallest absolute Gasteiger partial charge is 0.290 e. The van der Waals surface area contributed by atoms with E-state index in [9.17, 15) is 4.79 Å². The number of hydrogen-bond donors (Lipinski definition) is 1. The molecule has 3 rings (SSSR count). The highest BCUT2D eigenvalue weighted by atomic mass is 32.1. The van der Waals surface area contributed by atoms with E-state index in [0.29, 0.717) is 5.89 Å². The van der Waals surface area contributed by atoms with Crippen molar-refractivity contribution in [3.8, 4) is 0 Å². The van der Waals surface area contributed by atoms with Gasteiger partial charge in [-0.1, -0.05) is 5.16 Å². The van der Waals surface area contributed by atoms with E-state index in [1.165, 1.54) is 0 Å². The van der Waals surface area contributed by atoms with Gasteiger partial charge in [-0.2, -0.15) is 4.98 Å². The van der Waals surface area contributed by atoms with Gasteiger partial charge in [-0.3, -0.25) is 9.69 Å². The Kier molecular flexibility index (Phi) is 3.26. The number of aromatic nitrogens is 3. The van der Waals surface area contributed by atoms with E-state index in [1.807, 2.05) is 10.9 Å². The van der Waals surface area contributed by atoms with Crippen molar-refractivity contribution in [3.63, 3.8) is 0 Å². The predicted molar refractivity (Wildman–Crippen MR) is 67.3 cm³/mol. The van der Waals surface area contributed by atoms with Crippen molar-refractivity contribution >= 4 is 17.2 Å². The maximum atomic E-state index is 11.0. The third-order valence-electron chi connectivity index (χ3n) is 3.16. The number of likely N-dealkylation sites (tertiary alicyclic amines) is 1. The van der Waals surface area contributed by atoms with Crippen molar-refractivity contribution < 1.29 is 9.32 Å². The Morgan fingerprint density at radius 3 is 3.21 bits per heavy atom. The third kappa shape index (κ3) is 2.49. The zero-order valence-electron chi connectivity index (χ0n) is 10.2. The van der Waals surface area contributed by atoms with E-state index in [1.54, 1.807) is 11.3 Å². The molecule has 0 saturated carbocycles. The van der Waals surface area contributed by atoms with Crippen LogP contribution in [0.4, 0.5) is 0 Å². The first-order valence-corrected chi connectivity index (χ1v) is 6.93. The number of amides is 1. The lowest BCUT2D eigenvalue weighted by Crippen LogP contribution is -2.23. The Balaban J connectivity index is 1.76. The van der Waals surface area contributed by atoms with Crippen molar-refractivity contribution in [2.45, 2.75) is 25.4 Å². The largest absolute Gasteiger partial charge is 0.363 e. The highest BCUT2D eigenvalue weighted by molar-refractivity contribution is 7.07. The van der Waals surface area contributed by atoms with E-state index in [0.717, 1.165) is 31.6 Å². The number of carbonyl (C=O) groups excluding carboxylic acids is 1. The molecule has 19 heavy (non-hydrogen) atoms. The van der Waals surface area contributed by atoms with Crippen molar-refractivity contribution in [1.29, 1.82) is 0 Å². The molecule has 100 valence electrons. The Labute approximate surface area is 113 Å². The molecule has 8 heteroatoms. The van der Waals surface area contributed by atoms with E-state index in [4.69, 9.17) is 10.3 Å². The Bertz CT molecular complexity index is 567. The Hall–Kier alpha value is -1.80. The lowest BCUT2D eigenvalue weighted by Gasteiger charge is -2.19. The summed E-state index contributed by atoms with van der Waals surface area (Å²) in [5.74, 6) is -0.268. The number of thiazole rings is 1. The molecule has 2 N–H and O–H groups in total. The fourth-order valence-corrected chi connectivity index (χ4v) is 2.84. The number of primary amides is 1. The standard InChI is InChI=1S/C11H13N5O2S/c12-9(17)10-14-11(18-15-10)8-2-1-3-16(8)4-7-5-19-6-13-7/h5-6,8H,1-4H2,(H2,12,17). The normalized spacial score (nSPS) is 19.9. The zero-order chi connectivity index (χ0) is 13.2. The van der Waals surface area contributed by atoms with Crippen LogP contribution >= 0.6 is 11.3 Å². The van der Waals surface area contributed by atoms with Gasteiger partial charge >= 0.3 is 0 Å². The molecule has 1 aliphatic rings. The molecule has 2 aromatic rings. The minimum Gasteiger partial charge on any atom is -0.363 e. The maximum Gasteiger partial charge on any atom is 0.290 e. The van der Waals surface area contributed by atoms with Gasteiger partial charge in [-0.25, -0.2) is 4.98 Å². The van der Waals surface area contributed by atoms with Gasteiger partial charge in [-0.05, 0) is 19.4 Å². The van der Waals surface area contributed by atoms with Crippen molar-refractivity contribution in [3.05, 3.63) is 28.3 Å². The molecule has 0 aliphatic carbocycles. The van der Waals surface area contributed by atoms with Crippen LogP contribution in [-0.4, -0.2) is 32.5 Å². The lowest BCUT2D eigenvalue weighted by atomic mass is 10.2. The summed E-state index contributed by atoms with van der Waals surface area (Å²) >= 11 is 1.58. The number of carbonyl (C=O) groups is 1. The van der Waals surface area contributed by atoms with Gasteiger partial charge in [-0.15, -0.1) is 11.3 Å². The van der Waals surface area contributed by atoms with Gasteiger partial charge in [0.15, 0.2) is 0 Å². The van der Waals surface area contributed by atoms with Gasteiger partial charge in [0, 0.05) is 11.9 Å². The molecule has 0 aromatic carbocycles. The molecule has 0 radical (unpaired) electrons. The average Bonchev–Trinajstić information content (AvgIpc) is 3.09. The Morgan fingerprint density at radius 1 is 1.63 bits per heavy atom. The van der Waals surface area contributed by atoms with Crippen LogP contribution in [-0.2, 0) is 6.54 Å². The molecule has 1 atom stereocenters. The van der Waals surface area contributed by atoms with Gasteiger partial charge in [0.2, 0.25) is 5.89 Å². The van der Waals surface area contributed by atoms with Crippen LogP contribution in [0.3, 0.4) is 0 Å². The molecule has 1 fully saturated rings. The summed E-state index contributed by atoms with van der Waals surface area (Å²) in [5, 5.41) is 5.62. The average molecular weight is 279 g/mol. The quantitative estimate of drug-likeness (QED) is 0.895. The first-order valence-electron chi connectivity index (χ1n) is 5.98. The van der Waals surface area contributed by atoms with Crippen LogP contribution in [0.25, 0.3) is 0 Å². The van der Waals surface area contributed by atoms with Crippen LogP contribution in [0.15, 0.2) is 15.4 Å². The number of nitrogens with zero attached hydrogens (tertiary/aromatic N) is 4. The van der Waals surface area contributed by atoms with E-state index < -0.39 is 5.91 Å². The molecule has 1 aliphatic heterocycles. The van der Waals surface area contributed by atoms with Crippen LogP contribution in [0.2, 0.25) is 0 Å². The lowest BCUT2D eigenvalue weighted by molar-refractivity contribution is 0.0987. The minimum absolute atomic E-state index is 0.0438. The number of nitrogens with two attached hydrogens (primary N) is 1. The van der Waals surface area contributed by atoms with Crippen molar-refractivity contribution in [2.24, 2.45) is 5.73 Å². The highest BCUT2D eigenvalue weighted by Gasteiger charge is 2.31. The maximum absolute atomic E-state index is 11.0. The van der Waals surface area contributed by atoms with Gasteiger partial charge in [0.1, 0.15) is 0 Å². The molecular formula is C11H13N5O2S. The summed E-state index contributed by atoms with van der Waals surface area (Å²) in [5.41, 5.74) is 7.98. The minimum atomic E-state index is -0.668. The summed E-state index contributed by atoms with van der Waals surface area (Å²) < 4.78 is 5.14. The molecule has 1 amide bonds. The predicted octanol–water partition coefficient (Wildman–Crippen LogP) is 0.962. The topological polar surface area (TPSA) is 98.1 Å². The fourth-order valence-electron chi connectivity index (χ4n) is 2.29. The van der Waals surface area contributed by atoms with Crippen molar-refractivity contribution in [1.82, 2.24) is 20.0 Å². The summed E-state index contributed by atoms with van der Waals surface area (Å²) in [6, 6.07) is 0.0438. The first kappa shape index (κ1) is 12.2. The summed E-state index contributed by atoms with van der Waals surface area (Å²) in [6.45, 7) is 1.71. The van der Waals surface area contributed by atoms with Crippen LogP contribution in [0.1, 0.15) is 41.1 Å². The third-order valence-corrected chi connectivity index (χ3v) is 3.79.